The van der Waals surface area contributed by atoms with Gasteiger partial charge in [-0.15, -0.1) is 0 Å². The highest BCUT2D eigenvalue weighted by Crippen LogP contribution is 2.11. The third-order valence-electron chi connectivity index (χ3n) is 4.91. The third kappa shape index (κ3) is 6.62. The number of nitrogens with one attached hydrogen (secondary N) is 3. The van der Waals surface area contributed by atoms with Gasteiger partial charge in [-0.25, -0.2) is 4.79 Å². The van der Waals surface area contributed by atoms with Crippen LogP contribution in [0.3, 0.4) is 0 Å². The number of benzene rings is 2. The van der Waals surface area contributed by atoms with E-state index in [1.807, 2.05) is 70.2 Å². The van der Waals surface area contributed by atoms with Gasteiger partial charge in [-0.05, 0) is 37.0 Å². The molecule has 0 bridgehead atoms. The van der Waals surface area contributed by atoms with E-state index in [4.69, 9.17) is 4.74 Å². The monoisotopic (exact) mass is 411 g/mol. The molecule has 7 heteroatoms. The van der Waals surface area contributed by atoms with Crippen LogP contribution in [0.1, 0.15) is 47.3 Å². The summed E-state index contributed by atoms with van der Waals surface area (Å²) in [5, 5.41) is 2.60. The fourth-order valence-corrected chi connectivity index (χ4v) is 2.93. The van der Waals surface area contributed by atoms with Crippen molar-refractivity contribution in [3.8, 4) is 0 Å². The second-order valence-corrected chi connectivity index (χ2v) is 7.33. The lowest BCUT2D eigenvalue weighted by molar-refractivity contribution is -0.125. The number of alkyl carbamates (subject to hydrolysis) is 1. The lowest BCUT2D eigenvalue weighted by Gasteiger charge is -2.23. The van der Waals surface area contributed by atoms with Crippen molar-refractivity contribution < 1.29 is 19.1 Å². The predicted molar refractivity (Wildman–Crippen MR) is 115 cm³/mol. The number of rotatable bonds is 7. The highest BCUT2D eigenvalue weighted by Gasteiger charge is 2.27. The van der Waals surface area contributed by atoms with Crippen LogP contribution in [0.5, 0.6) is 0 Å². The summed E-state index contributed by atoms with van der Waals surface area (Å²) >= 11 is 0. The quantitative estimate of drug-likeness (QED) is 0.609. The van der Waals surface area contributed by atoms with Crippen molar-refractivity contribution in [3.63, 3.8) is 0 Å². The Labute approximate surface area is 177 Å². The second kappa shape index (κ2) is 11.0. The highest BCUT2D eigenvalue weighted by atomic mass is 16.5. The van der Waals surface area contributed by atoms with Gasteiger partial charge in [0.25, 0.3) is 11.8 Å². The lowest BCUT2D eigenvalue weighted by atomic mass is 9.99. The maximum absolute atomic E-state index is 12.6. The Hall–Kier alpha value is -3.35. The van der Waals surface area contributed by atoms with Gasteiger partial charge < -0.3 is 10.1 Å². The Morgan fingerprint density at radius 3 is 2.33 bits per heavy atom. The maximum atomic E-state index is 12.6. The minimum Gasteiger partial charge on any atom is -0.445 e. The molecule has 3 amide bonds. The Bertz CT molecular complexity index is 883. The van der Waals surface area contributed by atoms with Crippen molar-refractivity contribution >= 4 is 17.9 Å². The highest BCUT2D eigenvalue weighted by molar-refractivity contribution is 5.97. The average Bonchev–Trinajstić information content (AvgIpc) is 2.74. The van der Waals surface area contributed by atoms with E-state index in [0.29, 0.717) is 12.0 Å². The van der Waals surface area contributed by atoms with Crippen LogP contribution in [-0.2, 0) is 16.1 Å². The van der Waals surface area contributed by atoms with Crippen molar-refractivity contribution in [3.05, 3.63) is 70.8 Å². The van der Waals surface area contributed by atoms with Crippen LogP contribution in [0.25, 0.3) is 0 Å². The standard InChI is InChI=1S/C23H29N3O4/c1-5-16(3)20(24-23(29)30-14-18-9-7-6-8-10-18)22(28)26-25-21(27)19-12-11-15(2)13-17(19)4/h6-13,16,20H,5,14H2,1-4H3,(H,24,29)(H,25,27)(H,26,28)/t16-,20-/m0/s1. The lowest BCUT2D eigenvalue weighted by Crippen LogP contribution is -2.54. The molecule has 0 unspecified atom stereocenters. The average molecular weight is 412 g/mol. The number of hydrogen-bond donors (Lipinski definition) is 3. The molecule has 0 saturated carbocycles. The molecule has 0 aliphatic rings. The number of hydrazine groups is 1. The van der Waals surface area contributed by atoms with E-state index in [1.54, 1.807) is 6.07 Å². The zero-order chi connectivity index (χ0) is 22.1. The Morgan fingerprint density at radius 1 is 1.00 bits per heavy atom. The van der Waals surface area contributed by atoms with Crippen LogP contribution < -0.4 is 16.2 Å². The predicted octanol–water partition coefficient (Wildman–Crippen LogP) is 3.41. The summed E-state index contributed by atoms with van der Waals surface area (Å²) in [5.41, 5.74) is 7.99. The fraction of sp³-hybridized carbons (Fsp3) is 0.348. The van der Waals surface area contributed by atoms with E-state index in [0.717, 1.165) is 16.7 Å². The largest absolute Gasteiger partial charge is 0.445 e. The van der Waals surface area contributed by atoms with Gasteiger partial charge in [0.05, 0.1) is 0 Å². The molecule has 2 aromatic carbocycles. The maximum Gasteiger partial charge on any atom is 0.408 e. The van der Waals surface area contributed by atoms with Gasteiger partial charge in [0, 0.05) is 5.56 Å². The summed E-state index contributed by atoms with van der Waals surface area (Å²) < 4.78 is 5.21. The van der Waals surface area contributed by atoms with Crippen LogP contribution in [0.15, 0.2) is 48.5 Å². The molecular formula is C23H29N3O4. The zero-order valence-electron chi connectivity index (χ0n) is 17.8. The zero-order valence-corrected chi connectivity index (χ0v) is 17.8. The van der Waals surface area contributed by atoms with Crippen LogP contribution in [0.4, 0.5) is 4.79 Å². The minimum atomic E-state index is -0.849. The number of hydrogen-bond acceptors (Lipinski definition) is 4. The molecule has 0 saturated heterocycles. The molecule has 0 radical (unpaired) electrons. The smallest absolute Gasteiger partial charge is 0.408 e. The molecule has 160 valence electrons. The van der Waals surface area contributed by atoms with Crippen LogP contribution in [0, 0.1) is 19.8 Å². The van der Waals surface area contributed by atoms with Gasteiger partial charge in [0.2, 0.25) is 0 Å². The molecule has 3 N–H and O–H groups in total. The first kappa shape index (κ1) is 22.9. The normalized spacial score (nSPS) is 12.4. The minimum absolute atomic E-state index is 0.102. The third-order valence-corrected chi connectivity index (χ3v) is 4.91. The summed E-state index contributed by atoms with van der Waals surface area (Å²) in [5.74, 6) is -1.10. The van der Waals surface area contributed by atoms with Crippen molar-refractivity contribution in [2.24, 2.45) is 5.92 Å². The number of carbonyl (C=O) groups is 3. The first-order valence-corrected chi connectivity index (χ1v) is 9.96. The molecule has 0 heterocycles. The van der Waals surface area contributed by atoms with Crippen molar-refractivity contribution in [2.75, 3.05) is 0 Å². The number of carbonyl (C=O) groups excluding carboxylic acids is 3. The van der Waals surface area contributed by atoms with E-state index in [2.05, 4.69) is 16.2 Å². The Kier molecular flexibility index (Phi) is 8.41. The first-order chi connectivity index (χ1) is 14.3. The molecule has 2 rings (SSSR count). The van der Waals surface area contributed by atoms with Crippen LogP contribution in [0.2, 0.25) is 0 Å². The topological polar surface area (TPSA) is 96.5 Å². The molecule has 0 aliphatic carbocycles. The summed E-state index contributed by atoms with van der Waals surface area (Å²) in [6, 6.07) is 13.8. The van der Waals surface area contributed by atoms with Gasteiger partial charge in [-0.2, -0.15) is 0 Å². The van der Waals surface area contributed by atoms with E-state index < -0.39 is 23.9 Å². The summed E-state index contributed by atoms with van der Waals surface area (Å²) in [7, 11) is 0. The summed E-state index contributed by atoms with van der Waals surface area (Å²) in [4.78, 5) is 37.2. The molecule has 2 atom stereocenters. The Morgan fingerprint density at radius 2 is 1.70 bits per heavy atom. The van der Waals surface area contributed by atoms with E-state index >= 15 is 0 Å². The van der Waals surface area contributed by atoms with Crippen molar-refractivity contribution in [1.29, 1.82) is 0 Å². The van der Waals surface area contributed by atoms with E-state index in [1.165, 1.54) is 0 Å². The van der Waals surface area contributed by atoms with Gasteiger partial charge >= 0.3 is 6.09 Å². The fourth-order valence-electron chi connectivity index (χ4n) is 2.93. The Balaban J connectivity index is 1.94. The molecule has 0 fully saturated rings. The van der Waals surface area contributed by atoms with Gasteiger partial charge in [0.15, 0.2) is 0 Å². The molecular weight excluding hydrogens is 382 g/mol. The number of aryl methyl sites for hydroxylation is 2. The van der Waals surface area contributed by atoms with Crippen molar-refractivity contribution in [1.82, 2.24) is 16.2 Å². The van der Waals surface area contributed by atoms with Crippen molar-refractivity contribution in [2.45, 2.75) is 46.8 Å². The van der Waals surface area contributed by atoms with E-state index in [9.17, 15) is 14.4 Å². The molecule has 30 heavy (non-hydrogen) atoms. The molecule has 0 aromatic heterocycles. The second-order valence-electron chi connectivity index (χ2n) is 7.33. The van der Waals surface area contributed by atoms with Gasteiger partial charge in [-0.1, -0.05) is 68.3 Å². The molecule has 7 nitrogen and oxygen atoms in total. The van der Waals surface area contributed by atoms with E-state index in [-0.39, 0.29) is 12.5 Å². The van der Waals surface area contributed by atoms with Gasteiger partial charge in [-0.3, -0.25) is 20.4 Å². The molecule has 2 aromatic rings. The summed E-state index contributed by atoms with van der Waals surface area (Å²) in [6.07, 6.45) is -0.0396. The molecule has 0 aliphatic heterocycles. The van der Waals surface area contributed by atoms with Gasteiger partial charge in [0.1, 0.15) is 12.6 Å². The number of amides is 3. The summed E-state index contributed by atoms with van der Waals surface area (Å²) in [6.45, 7) is 7.63. The van der Waals surface area contributed by atoms with Crippen LogP contribution in [-0.4, -0.2) is 23.9 Å². The SMILES string of the molecule is CC[C@H](C)[C@H](NC(=O)OCc1ccccc1)C(=O)NNC(=O)c1ccc(C)cc1C. The van der Waals surface area contributed by atoms with Crippen LogP contribution >= 0.6 is 0 Å². The molecule has 0 spiro atoms. The first-order valence-electron chi connectivity index (χ1n) is 9.96. The number of ether oxygens (including phenoxy) is 1.